The second-order valence-corrected chi connectivity index (χ2v) is 10.7. The zero-order chi connectivity index (χ0) is 26.9. The summed E-state index contributed by atoms with van der Waals surface area (Å²) >= 11 is 0. The fourth-order valence-corrected chi connectivity index (χ4v) is 3.64. The standard InChI is InChI=1S/C25H33F5O5S/c1-4-7-13-32-22-16-19(17-23(33-14-8-5-2)24(22)34-15-9-6-3)25(31)35-20-11-10-12-21(18-20)36(26,27,28,29)30/h10-12,16-18H,4-9,13-15H2,1-3H3. The Labute approximate surface area is 208 Å². The third-order valence-electron chi connectivity index (χ3n) is 4.97. The van der Waals surface area contributed by atoms with Gasteiger partial charge in [-0.15, -0.1) is 0 Å². The van der Waals surface area contributed by atoms with Crippen LogP contribution in [0, 0.1) is 0 Å². The van der Waals surface area contributed by atoms with Crippen molar-refractivity contribution in [3.05, 3.63) is 42.0 Å². The maximum Gasteiger partial charge on any atom is 0.343 e. The van der Waals surface area contributed by atoms with Crippen LogP contribution in [0.2, 0.25) is 0 Å². The van der Waals surface area contributed by atoms with Crippen LogP contribution in [-0.4, -0.2) is 25.8 Å². The van der Waals surface area contributed by atoms with Gasteiger partial charge in [0.15, 0.2) is 11.5 Å². The normalized spacial score (nSPS) is 13.4. The van der Waals surface area contributed by atoms with Gasteiger partial charge in [-0.3, -0.25) is 0 Å². The van der Waals surface area contributed by atoms with Crippen LogP contribution in [0.5, 0.6) is 23.0 Å². The highest BCUT2D eigenvalue weighted by molar-refractivity contribution is 8.45. The van der Waals surface area contributed by atoms with Gasteiger partial charge < -0.3 is 18.9 Å². The number of carbonyl (C=O) groups excluding carboxylic acids is 1. The minimum absolute atomic E-state index is 0.0893. The monoisotopic (exact) mass is 540 g/mol. The number of rotatable bonds is 15. The fourth-order valence-electron chi connectivity index (χ4n) is 2.97. The van der Waals surface area contributed by atoms with Gasteiger partial charge in [-0.1, -0.05) is 65.5 Å². The second-order valence-electron chi connectivity index (χ2n) is 8.24. The number of hydrogen-bond donors (Lipinski definition) is 0. The van der Waals surface area contributed by atoms with E-state index >= 15 is 0 Å². The first-order valence-electron chi connectivity index (χ1n) is 11.9. The number of unbranched alkanes of at least 4 members (excludes halogenated alkanes) is 3. The first-order chi connectivity index (χ1) is 16.8. The van der Waals surface area contributed by atoms with Gasteiger partial charge in [0.05, 0.1) is 25.4 Å². The number of benzene rings is 2. The summed E-state index contributed by atoms with van der Waals surface area (Å²) < 4.78 is 88.4. The van der Waals surface area contributed by atoms with Gasteiger partial charge >= 0.3 is 16.2 Å². The van der Waals surface area contributed by atoms with Gasteiger partial charge in [0.25, 0.3) is 0 Å². The van der Waals surface area contributed by atoms with Gasteiger partial charge in [-0.2, -0.15) is 0 Å². The van der Waals surface area contributed by atoms with Gasteiger partial charge in [0, 0.05) is 6.07 Å². The van der Waals surface area contributed by atoms with E-state index in [0.717, 1.165) is 50.7 Å². The molecule has 2 aromatic rings. The summed E-state index contributed by atoms with van der Waals surface area (Å²) in [6, 6.07) is 4.78. The van der Waals surface area contributed by atoms with Crippen LogP contribution in [0.1, 0.15) is 69.7 Å². The highest BCUT2D eigenvalue weighted by atomic mass is 32.5. The fraction of sp³-hybridized carbons (Fsp3) is 0.480. The summed E-state index contributed by atoms with van der Waals surface area (Å²) in [5.41, 5.74) is -0.0893. The zero-order valence-electron chi connectivity index (χ0n) is 20.7. The number of hydrogen-bond acceptors (Lipinski definition) is 5. The molecule has 0 saturated heterocycles. The van der Waals surface area contributed by atoms with Crippen molar-refractivity contribution in [2.75, 3.05) is 19.8 Å². The minimum atomic E-state index is -9.94. The smallest absolute Gasteiger partial charge is 0.343 e. The van der Waals surface area contributed by atoms with Crippen molar-refractivity contribution in [2.45, 2.75) is 64.2 Å². The molecule has 0 atom stereocenters. The van der Waals surface area contributed by atoms with Crippen molar-refractivity contribution in [1.29, 1.82) is 0 Å². The van der Waals surface area contributed by atoms with Crippen molar-refractivity contribution in [3.8, 4) is 23.0 Å². The Bertz CT molecular complexity index is 997. The highest BCUT2D eigenvalue weighted by Crippen LogP contribution is 3.02. The lowest BCUT2D eigenvalue weighted by Crippen LogP contribution is -2.12. The molecule has 2 rings (SSSR count). The summed E-state index contributed by atoms with van der Waals surface area (Å²) in [6.45, 7) is 7.02. The lowest BCUT2D eigenvalue weighted by atomic mass is 10.1. The van der Waals surface area contributed by atoms with Crippen LogP contribution in [0.4, 0.5) is 19.4 Å². The molecule has 0 radical (unpaired) electrons. The summed E-state index contributed by atoms with van der Waals surface area (Å²) in [5, 5.41) is 0. The summed E-state index contributed by atoms with van der Waals surface area (Å²) in [7, 11) is -9.94. The Hall–Kier alpha value is -2.69. The van der Waals surface area contributed by atoms with Crippen molar-refractivity contribution in [3.63, 3.8) is 0 Å². The van der Waals surface area contributed by atoms with Crippen LogP contribution < -0.4 is 18.9 Å². The quantitative estimate of drug-likeness (QED) is 0.0976. The molecule has 204 valence electrons. The Morgan fingerprint density at radius 1 is 0.750 bits per heavy atom. The third kappa shape index (κ3) is 9.07. The maximum absolute atomic E-state index is 13.2. The molecule has 0 spiro atoms. The summed E-state index contributed by atoms with van der Waals surface area (Å²) in [4.78, 5) is 10.7. The highest BCUT2D eigenvalue weighted by Gasteiger charge is 2.65. The van der Waals surface area contributed by atoms with Crippen LogP contribution in [-0.2, 0) is 0 Å². The molecular formula is C25H33F5O5S. The topological polar surface area (TPSA) is 54.0 Å². The van der Waals surface area contributed by atoms with Crippen molar-refractivity contribution in [2.24, 2.45) is 0 Å². The molecule has 0 aliphatic heterocycles. The Kier molecular flexibility index (Phi) is 9.50. The molecule has 0 fully saturated rings. The minimum Gasteiger partial charge on any atom is -0.490 e. The molecule has 0 aromatic heterocycles. The predicted molar refractivity (Wildman–Crippen MR) is 130 cm³/mol. The van der Waals surface area contributed by atoms with E-state index in [4.69, 9.17) is 18.9 Å². The molecule has 2 aromatic carbocycles. The van der Waals surface area contributed by atoms with E-state index in [1.54, 1.807) is 0 Å². The molecule has 0 unspecified atom stereocenters. The molecule has 0 aliphatic carbocycles. The van der Waals surface area contributed by atoms with E-state index in [1.807, 2.05) is 20.8 Å². The van der Waals surface area contributed by atoms with E-state index in [2.05, 4.69) is 0 Å². The van der Waals surface area contributed by atoms with Crippen molar-refractivity contribution in [1.82, 2.24) is 0 Å². The predicted octanol–water partition coefficient (Wildman–Crippen LogP) is 9.10. The molecule has 0 aliphatic rings. The molecule has 11 heteroatoms. The molecule has 36 heavy (non-hydrogen) atoms. The first kappa shape index (κ1) is 29.5. The van der Waals surface area contributed by atoms with Gasteiger partial charge in [-0.25, -0.2) is 4.79 Å². The van der Waals surface area contributed by atoms with Gasteiger partial charge in [0.1, 0.15) is 10.6 Å². The lowest BCUT2D eigenvalue weighted by molar-refractivity contribution is 0.0732. The van der Waals surface area contributed by atoms with Crippen LogP contribution >= 0.6 is 10.2 Å². The van der Waals surface area contributed by atoms with Crippen LogP contribution in [0.25, 0.3) is 0 Å². The average molecular weight is 541 g/mol. The molecule has 5 nitrogen and oxygen atoms in total. The number of ether oxygens (including phenoxy) is 4. The molecule has 0 bridgehead atoms. The molecule has 0 N–H and O–H groups in total. The number of halogens is 5. The average Bonchev–Trinajstić information content (AvgIpc) is 2.79. The van der Waals surface area contributed by atoms with Gasteiger partial charge in [0.2, 0.25) is 5.75 Å². The zero-order valence-corrected chi connectivity index (χ0v) is 21.5. The van der Waals surface area contributed by atoms with Crippen molar-refractivity contribution >= 4 is 16.2 Å². The Morgan fingerprint density at radius 2 is 1.25 bits per heavy atom. The maximum atomic E-state index is 13.2. The van der Waals surface area contributed by atoms with Crippen molar-refractivity contribution < 1.29 is 43.2 Å². The van der Waals surface area contributed by atoms with Crippen LogP contribution in [0.3, 0.4) is 0 Å². The molecule has 0 amide bonds. The second kappa shape index (κ2) is 11.6. The van der Waals surface area contributed by atoms with E-state index in [1.165, 1.54) is 12.1 Å². The largest absolute Gasteiger partial charge is 0.490 e. The molecule has 0 saturated carbocycles. The SMILES string of the molecule is CCCCOc1cc(C(=O)Oc2cccc(S(F)(F)(F)(F)F)c2)cc(OCCCC)c1OCCCC. The Morgan fingerprint density at radius 3 is 1.72 bits per heavy atom. The van der Waals surface area contributed by atoms with Gasteiger partial charge in [-0.05, 0) is 43.5 Å². The lowest BCUT2D eigenvalue weighted by Gasteiger charge is -2.40. The first-order valence-corrected chi connectivity index (χ1v) is 13.9. The number of esters is 1. The van der Waals surface area contributed by atoms with E-state index in [9.17, 15) is 24.2 Å². The van der Waals surface area contributed by atoms with E-state index < -0.39 is 26.8 Å². The summed E-state index contributed by atoms with van der Waals surface area (Å²) in [6.07, 6.45) is 4.84. The molecular weight excluding hydrogens is 507 g/mol. The number of carbonyl (C=O) groups is 1. The van der Waals surface area contributed by atoms with Crippen LogP contribution in [0.15, 0.2) is 41.3 Å². The van der Waals surface area contributed by atoms with E-state index in [-0.39, 0.29) is 29.2 Å². The molecule has 0 heterocycles. The Balaban J connectivity index is 2.43. The van der Waals surface area contributed by atoms with E-state index in [0.29, 0.717) is 25.6 Å². The third-order valence-corrected chi connectivity index (χ3v) is 6.12. The summed E-state index contributed by atoms with van der Waals surface area (Å²) in [5.74, 6) is -0.969.